The maximum absolute atomic E-state index is 10.8. The van der Waals surface area contributed by atoms with Gasteiger partial charge in [-0.3, -0.25) is 10.1 Å². The van der Waals surface area contributed by atoms with E-state index in [0.29, 0.717) is 6.42 Å². The van der Waals surface area contributed by atoms with Gasteiger partial charge in [0.25, 0.3) is 5.69 Å². The van der Waals surface area contributed by atoms with Crippen molar-refractivity contribution in [3.05, 3.63) is 39.9 Å². The number of rotatable bonds is 9. The lowest BCUT2D eigenvalue weighted by atomic mass is 10.1. The molecular formula is C13H20N2O2S. The maximum atomic E-state index is 10.8. The van der Waals surface area contributed by atoms with Crippen LogP contribution in [0.4, 0.5) is 5.69 Å². The number of hydrogen-bond donors (Lipinski definition) is 1. The molecule has 0 bridgehead atoms. The molecule has 0 aliphatic carbocycles. The molecule has 100 valence electrons. The van der Waals surface area contributed by atoms with E-state index in [2.05, 4.69) is 12.2 Å². The van der Waals surface area contributed by atoms with Crippen molar-refractivity contribution in [2.24, 2.45) is 0 Å². The summed E-state index contributed by atoms with van der Waals surface area (Å²) in [5.41, 5.74) is 1.03. The first-order valence-corrected chi connectivity index (χ1v) is 7.42. The summed E-state index contributed by atoms with van der Waals surface area (Å²) in [6, 6.07) is 6.94. The molecule has 0 radical (unpaired) electrons. The minimum atomic E-state index is -0.312. The van der Waals surface area contributed by atoms with E-state index in [-0.39, 0.29) is 10.6 Å². The molecule has 0 aromatic heterocycles. The van der Waals surface area contributed by atoms with Gasteiger partial charge in [0.2, 0.25) is 0 Å². The zero-order valence-corrected chi connectivity index (χ0v) is 11.5. The van der Waals surface area contributed by atoms with E-state index in [1.54, 1.807) is 12.1 Å². The summed E-state index contributed by atoms with van der Waals surface area (Å²) in [4.78, 5) is 10.5. The lowest BCUT2D eigenvalue weighted by Gasteiger charge is -2.05. The summed E-state index contributed by atoms with van der Waals surface area (Å²) >= 11 is 1.94. The predicted octanol–water partition coefficient (Wildman–Crippen LogP) is 2.87. The number of benzene rings is 1. The van der Waals surface area contributed by atoms with Crippen molar-refractivity contribution in [3.63, 3.8) is 0 Å². The number of nitro benzene ring substituents is 1. The molecule has 0 unspecified atom stereocenters. The number of thioether (sulfide) groups is 1. The Balaban J connectivity index is 2.25. The maximum Gasteiger partial charge on any atom is 0.272 e. The van der Waals surface area contributed by atoms with Crippen molar-refractivity contribution < 1.29 is 4.92 Å². The molecule has 0 spiro atoms. The van der Waals surface area contributed by atoms with Gasteiger partial charge in [-0.2, -0.15) is 11.8 Å². The normalized spacial score (nSPS) is 10.5. The summed E-state index contributed by atoms with van der Waals surface area (Å²) in [5.74, 6) is 2.34. The first-order valence-electron chi connectivity index (χ1n) is 6.26. The standard InChI is InChI=1S/C13H20N2O2S/c1-2-18-11-5-9-14-10-8-12-6-3-4-7-13(12)15(16)17/h3-4,6-7,14H,2,5,8-11H2,1H3. The second-order valence-electron chi connectivity index (χ2n) is 3.94. The first-order chi connectivity index (χ1) is 8.75. The number of nitrogens with zero attached hydrogens (tertiary/aromatic N) is 1. The molecule has 0 heterocycles. The Hall–Kier alpha value is -1.07. The van der Waals surface area contributed by atoms with E-state index in [4.69, 9.17) is 0 Å². The van der Waals surface area contributed by atoms with Crippen LogP contribution in [0.15, 0.2) is 24.3 Å². The zero-order valence-electron chi connectivity index (χ0n) is 10.7. The molecule has 1 rings (SSSR count). The summed E-state index contributed by atoms with van der Waals surface area (Å²) < 4.78 is 0. The van der Waals surface area contributed by atoms with E-state index in [9.17, 15) is 10.1 Å². The van der Waals surface area contributed by atoms with Crippen LogP contribution in [0.1, 0.15) is 18.9 Å². The quantitative estimate of drug-likeness (QED) is 0.425. The summed E-state index contributed by atoms with van der Waals surface area (Å²) in [6.45, 7) is 3.93. The van der Waals surface area contributed by atoms with Crippen molar-refractivity contribution in [2.75, 3.05) is 24.6 Å². The summed E-state index contributed by atoms with van der Waals surface area (Å²) in [5, 5.41) is 14.1. The van der Waals surface area contributed by atoms with Gasteiger partial charge in [-0.05, 0) is 37.4 Å². The molecular weight excluding hydrogens is 248 g/mol. The van der Waals surface area contributed by atoms with Crippen LogP contribution in [-0.2, 0) is 6.42 Å². The highest BCUT2D eigenvalue weighted by atomic mass is 32.2. The highest BCUT2D eigenvalue weighted by Gasteiger charge is 2.10. The highest BCUT2D eigenvalue weighted by molar-refractivity contribution is 7.99. The number of nitro groups is 1. The molecule has 0 aliphatic rings. The molecule has 0 aliphatic heterocycles. The average Bonchev–Trinajstić information content (AvgIpc) is 2.38. The van der Waals surface area contributed by atoms with Crippen molar-refractivity contribution in [1.29, 1.82) is 0 Å². The van der Waals surface area contributed by atoms with Gasteiger partial charge in [-0.25, -0.2) is 0 Å². The second-order valence-corrected chi connectivity index (χ2v) is 5.33. The zero-order chi connectivity index (χ0) is 13.2. The van der Waals surface area contributed by atoms with Gasteiger partial charge in [-0.1, -0.05) is 25.1 Å². The van der Waals surface area contributed by atoms with Gasteiger partial charge >= 0.3 is 0 Å². The molecule has 0 saturated carbocycles. The Morgan fingerprint density at radius 3 is 2.83 bits per heavy atom. The number of para-hydroxylation sites is 1. The first kappa shape index (κ1) is 15.0. The Labute approximate surface area is 112 Å². The smallest absolute Gasteiger partial charge is 0.272 e. The fourth-order valence-electron chi connectivity index (χ4n) is 1.69. The summed E-state index contributed by atoms with van der Waals surface area (Å²) in [7, 11) is 0. The van der Waals surface area contributed by atoms with E-state index in [1.165, 1.54) is 5.75 Å². The van der Waals surface area contributed by atoms with E-state index in [1.807, 2.05) is 23.9 Å². The van der Waals surface area contributed by atoms with Crippen molar-refractivity contribution in [2.45, 2.75) is 19.8 Å². The van der Waals surface area contributed by atoms with Crippen molar-refractivity contribution in [3.8, 4) is 0 Å². The topological polar surface area (TPSA) is 55.2 Å². The van der Waals surface area contributed by atoms with Crippen LogP contribution in [0.5, 0.6) is 0 Å². The number of hydrogen-bond acceptors (Lipinski definition) is 4. The van der Waals surface area contributed by atoms with E-state index >= 15 is 0 Å². The monoisotopic (exact) mass is 268 g/mol. The Bertz CT molecular complexity index is 372. The molecule has 0 saturated heterocycles. The molecule has 1 N–H and O–H groups in total. The van der Waals surface area contributed by atoms with Gasteiger partial charge in [0, 0.05) is 11.6 Å². The van der Waals surface area contributed by atoms with E-state index < -0.39 is 0 Å². The van der Waals surface area contributed by atoms with Crippen LogP contribution in [0.25, 0.3) is 0 Å². The van der Waals surface area contributed by atoms with Gasteiger partial charge in [0.15, 0.2) is 0 Å². The minimum Gasteiger partial charge on any atom is -0.316 e. The molecule has 1 aromatic carbocycles. The Morgan fingerprint density at radius 1 is 1.33 bits per heavy atom. The molecule has 5 heteroatoms. The third kappa shape index (κ3) is 5.51. The van der Waals surface area contributed by atoms with Crippen LogP contribution in [-0.4, -0.2) is 29.5 Å². The molecule has 0 fully saturated rings. The van der Waals surface area contributed by atoms with Crippen LogP contribution >= 0.6 is 11.8 Å². The lowest BCUT2D eigenvalue weighted by molar-refractivity contribution is -0.385. The SMILES string of the molecule is CCSCCCNCCc1ccccc1[N+](=O)[O-]. The number of nitrogens with one attached hydrogen (secondary N) is 1. The minimum absolute atomic E-state index is 0.223. The fraction of sp³-hybridized carbons (Fsp3) is 0.538. The lowest BCUT2D eigenvalue weighted by Crippen LogP contribution is -2.19. The molecule has 18 heavy (non-hydrogen) atoms. The van der Waals surface area contributed by atoms with Gasteiger partial charge in [-0.15, -0.1) is 0 Å². The molecule has 0 amide bonds. The van der Waals surface area contributed by atoms with Crippen LogP contribution in [0, 0.1) is 10.1 Å². The Kier molecular flexibility index (Phi) is 7.44. The largest absolute Gasteiger partial charge is 0.316 e. The molecule has 1 aromatic rings. The van der Waals surface area contributed by atoms with Gasteiger partial charge < -0.3 is 5.32 Å². The third-order valence-corrected chi connectivity index (χ3v) is 3.59. The Morgan fingerprint density at radius 2 is 2.11 bits per heavy atom. The van der Waals surface area contributed by atoms with Gasteiger partial charge in [0.1, 0.15) is 0 Å². The van der Waals surface area contributed by atoms with Crippen molar-refractivity contribution in [1.82, 2.24) is 5.32 Å². The average molecular weight is 268 g/mol. The van der Waals surface area contributed by atoms with Gasteiger partial charge in [0.05, 0.1) is 4.92 Å². The van der Waals surface area contributed by atoms with Crippen molar-refractivity contribution >= 4 is 17.4 Å². The third-order valence-electron chi connectivity index (χ3n) is 2.61. The van der Waals surface area contributed by atoms with Crippen LogP contribution in [0.2, 0.25) is 0 Å². The summed E-state index contributed by atoms with van der Waals surface area (Å²) in [6.07, 6.45) is 1.85. The predicted molar refractivity (Wildman–Crippen MR) is 77.3 cm³/mol. The molecule has 0 atom stereocenters. The van der Waals surface area contributed by atoms with E-state index in [0.717, 1.165) is 30.8 Å². The van der Waals surface area contributed by atoms with Crippen LogP contribution < -0.4 is 5.32 Å². The molecule has 4 nitrogen and oxygen atoms in total. The second kappa shape index (κ2) is 8.94. The highest BCUT2D eigenvalue weighted by Crippen LogP contribution is 2.17. The van der Waals surface area contributed by atoms with Crippen LogP contribution in [0.3, 0.4) is 0 Å². The fourth-order valence-corrected chi connectivity index (χ4v) is 2.33.